The number of hydrogen-bond donors (Lipinski definition) is 2. The minimum atomic E-state index is -1.05. The molecule has 3 fully saturated rings. The minimum Gasteiger partial charge on any atom is -0.493 e. The van der Waals surface area contributed by atoms with E-state index in [0.717, 1.165) is 61.0 Å². The standard InChI is InChI=1S/C39H56N4O7/c1-7-49-34-23(2)15-27(16-24(34)3)29-20-39(50-42-29)21-30(31(44)19-28(17-26-13-14-26)33(46)36(40)47)43(22-39)37(48)35(38(4,5)6)41-32(45)18-25-11-9-8-10-12-25/h15-16,25-26,28,30,35H,7-14,17-22H2,1-6H3,(H2,40,47)(H,41,45)/t28-,30+,35-,39-/m1/s1. The smallest absolute Gasteiger partial charge is 0.285 e. The SMILES string of the molecule is CCOc1c(C)cc(C2=NO[C@]3(C2)C[C@@H](C(=O)C[C@@H](CC2CC2)C(=O)C(N)=O)N(C(=O)[C@@H](NC(=O)CC2CCCCC2)C(C)(C)C)C3)cc1C. The number of amides is 3. The summed E-state index contributed by atoms with van der Waals surface area (Å²) in [6.45, 7) is 12.3. The molecule has 274 valence electrons. The van der Waals surface area contributed by atoms with Gasteiger partial charge in [0.15, 0.2) is 11.4 Å². The van der Waals surface area contributed by atoms with Gasteiger partial charge in [0.05, 0.1) is 24.9 Å². The quantitative estimate of drug-likeness (QED) is 0.257. The Hall–Kier alpha value is -3.76. The second-order valence-corrected chi connectivity index (χ2v) is 16.4. The molecular formula is C39H56N4O7. The first kappa shape index (κ1) is 37.5. The summed E-state index contributed by atoms with van der Waals surface area (Å²) in [6.07, 6.45) is 8.44. The summed E-state index contributed by atoms with van der Waals surface area (Å²) < 4.78 is 5.83. The van der Waals surface area contributed by atoms with E-state index in [4.69, 9.17) is 15.3 Å². The van der Waals surface area contributed by atoms with Crippen LogP contribution in [0.15, 0.2) is 17.3 Å². The monoisotopic (exact) mass is 692 g/mol. The Bertz CT molecular complexity index is 1500. The van der Waals surface area contributed by atoms with Crippen LogP contribution in [-0.2, 0) is 28.8 Å². The van der Waals surface area contributed by atoms with Crippen LogP contribution in [0.3, 0.4) is 0 Å². The number of carbonyl (C=O) groups is 5. The summed E-state index contributed by atoms with van der Waals surface area (Å²) in [5, 5.41) is 7.55. The van der Waals surface area contributed by atoms with Gasteiger partial charge in [-0.15, -0.1) is 0 Å². The van der Waals surface area contributed by atoms with E-state index >= 15 is 0 Å². The van der Waals surface area contributed by atoms with E-state index in [1.807, 2.05) is 53.7 Å². The molecule has 4 aliphatic rings. The molecule has 11 heteroatoms. The van der Waals surface area contributed by atoms with Crippen LogP contribution in [0.5, 0.6) is 5.75 Å². The van der Waals surface area contributed by atoms with Gasteiger partial charge in [-0.2, -0.15) is 0 Å². The van der Waals surface area contributed by atoms with Crippen LogP contribution in [-0.4, -0.2) is 70.7 Å². The molecule has 0 bridgehead atoms. The number of carbonyl (C=O) groups excluding carboxylic acids is 5. The first-order valence-corrected chi connectivity index (χ1v) is 18.6. The zero-order valence-corrected chi connectivity index (χ0v) is 30.8. The molecule has 11 nitrogen and oxygen atoms in total. The number of ether oxygens (including phenoxy) is 1. The lowest BCUT2D eigenvalue weighted by atomic mass is 9.84. The van der Waals surface area contributed by atoms with Crippen LogP contribution >= 0.6 is 0 Å². The Morgan fingerprint density at radius 2 is 1.70 bits per heavy atom. The number of nitrogens with one attached hydrogen (secondary N) is 1. The molecule has 2 aliphatic carbocycles. The molecule has 2 heterocycles. The Morgan fingerprint density at radius 1 is 1.04 bits per heavy atom. The molecule has 3 amide bonds. The van der Waals surface area contributed by atoms with Crippen LogP contribution in [0.4, 0.5) is 0 Å². The zero-order valence-electron chi connectivity index (χ0n) is 30.8. The molecule has 50 heavy (non-hydrogen) atoms. The van der Waals surface area contributed by atoms with Crippen molar-refractivity contribution in [3.05, 3.63) is 28.8 Å². The number of benzene rings is 1. The van der Waals surface area contributed by atoms with Crippen LogP contribution in [0.1, 0.15) is 121 Å². The number of primary amides is 1. The number of oxime groups is 1. The van der Waals surface area contributed by atoms with E-state index in [2.05, 4.69) is 10.5 Å². The lowest BCUT2D eigenvalue weighted by Crippen LogP contribution is -2.57. The number of ketones is 2. The first-order chi connectivity index (χ1) is 23.6. The Morgan fingerprint density at radius 3 is 2.28 bits per heavy atom. The number of nitrogens with zero attached hydrogens (tertiary/aromatic N) is 2. The van der Waals surface area contributed by atoms with Crippen molar-refractivity contribution in [3.8, 4) is 5.75 Å². The van der Waals surface area contributed by atoms with Crippen molar-refractivity contribution in [1.29, 1.82) is 0 Å². The third-order valence-electron chi connectivity index (χ3n) is 11.0. The maximum Gasteiger partial charge on any atom is 0.285 e. The second-order valence-electron chi connectivity index (χ2n) is 16.4. The third-order valence-corrected chi connectivity index (χ3v) is 11.0. The summed E-state index contributed by atoms with van der Waals surface area (Å²) in [6, 6.07) is 2.20. The topological polar surface area (TPSA) is 157 Å². The number of Topliss-reactive ketones (excluding diaryl/α,β-unsaturated/α-hetero) is 2. The van der Waals surface area contributed by atoms with Crippen LogP contribution < -0.4 is 15.8 Å². The van der Waals surface area contributed by atoms with Crippen molar-refractivity contribution >= 4 is 35.0 Å². The minimum absolute atomic E-state index is 0.0896. The zero-order chi connectivity index (χ0) is 36.4. The summed E-state index contributed by atoms with van der Waals surface area (Å²) in [5.74, 6) is -2.07. The van der Waals surface area contributed by atoms with Gasteiger partial charge in [0.1, 0.15) is 11.8 Å². The fraction of sp³-hybridized carbons (Fsp3) is 0.692. The van der Waals surface area contributed by atoms with E-state index in [9.17, 15) is 24.0 Å². The Labute approximate surface area is 296 Å². The van der Waals surface area contributed by atoms with E-state index in [0.29, 0.717) is 37.5 Å². The predicted molar refractivity (Wildman–Crippen MR) is 189 cm³/mol. The molecule has 0 unspecified atom stereocenters. The molecule has 5 rings (SSSR count). The molecule has 0 aromatic heterocycles. The van der Waals surface area contributed by atoms with Crippen molar-refractivity contribution in [1.82, 2.24) is 10.2 Å². The van der Waals surface area contributed by atoms with E-state index < -0.39 is 40.7 Å². The Balaban J connectivity index is 1.41. The number of rotatable bonds is 14. The molecule has 1 aromatic rings. The second kappa shape index (κ2) is 15.2. The van der Waals surface area contributed by atoms with Gasteiger partial charge in [0.2, 0.25) is 17.6 Å². The molecule has 0 radical (unpaired) electrons. The molecular weight excluding hydrogens is 636 g/mol. The van der Waals surface area contributed by atoms with Gasteiger partial charge in [-0.1, -0.05) is 58.0 Å². The van der Waals surface area contributed by atoms with Gasteiger partial charge < -0.3 is 25.5 Å². The maximum absolute atomic E-state index is 14.6. The van der Waals surface area contributed by atoms with E-state index in [1.165, 1.54) is 11.3 Å². The number of likely N-dealkylation sites (tertiary alicyclic amines) is 1. The molecule has 4 atom stereocenters. The van der Waals surface area contributed by atoms with Gasteiger partial charge >= 0.3 is 0 Å². The first-order valence-electron chi connectivity index (χ1n) is 18.6. The van der Waals surface area contributed by atoms with Crippen molar-refractivity contribution in [3.63, 3.8) is 0 Å². The lowest BCUT2D eigenvalue weighted by molar-refractivity contribution is -0.145. The van der Waals surface area contributed by atoms with Crippen molar-refractivity contribution in [2.24, 2.45) is 34.1 Å². The normalized spacial score (nSPS) is 23.6. The van der Waals surface area contributed by atoms with E-state index in [-0.39, 0.29) is 42.9 Å². The molecule has 2 aliphatic heterocycles. The highest BCUT2D eigenvalue weighted by atomic mass is 16.7. The highest BCUT2D eigenvalue weighted by Gasteiger charge is 2.55. The van der Waals surface area contributed by atoms with Crippen molar-refractivity contribution < 1.29 is 33.5 Å². The molecule has 1 saturated heterocycles. The highest BCUT2D eigenvalue weighted by molar-refractivity contribution is 6.36. The van der Waals surface area contributed by atoms with Gasteiger partial charge in [-0.3, -0.25) is 24.0 Å². The van der Waals surface area contributed by atoms with Crippen molar-refractivity contribution in [2.45, 2.75) is 136 Å². The van der Waals surface area contributed by atoms with Gasteiger partial charge in [-0.05, 0) is 80.5 Å². The Kier molecular flexibility index (Phi) is 11.4. The average Bonchev–Trinajstić information content (AvgIpc) is 3.65. The van der Waals surface area contributed by atoms with Gasteiger partial charge in [-0.25, -0.2) is 0 Å². The van der Waals surface area contributed by atoms with E-state index in [1.54, 1.807) is 0 Å². The average molecular weight is 693 g/mol. The summed E-state index contributed by atoms with van der Waals surface area (Å²) in [5.41, 5.74) is 7.31. The maximum atomic E-state index is 14.6. The number of hydrogen-bond acceptors (Lipinski definition) is 8. The summed E-state index contributed by atoms with van der Waals surface area (Å²) in [7, 11) is 0. The van der Waals surface area contributed by atoms with Crippen LogP contribution in [0.25, 0.3) is 0 Å². The summed E-state index contributed by atoms with van der Waals surface area (Å²) >= 11 is 0. The molecule has 2 saturated carbocycles. The largest absolute Gasteiger partial charge is 0.493 e. The lowest BCUT2D eigenvalue weighted by Gasteiger charge is -2.36. The summed E-state index contributed by atoms with van der Waals surface area (Å²) in [4.78, 5) is 74.8. The number of aryl methyl sites for hydroxylation is 2. The van der Waals surface area contributed by atoms with Crippen LogP contribution in [0.2, 0.25) is 0 Å². The number of nitrogens with two attached hydrogens (primary N) is 1. The third kappa shape index (κ3) is 8.75. The fourth-order valence-electron chi connectivity index (χ4n) is 8.13. The highest BCUT2D eigenvalue weighted by Crippen LogP contribution is 2.42. The van der Waals surface area contributed by atoms with Crippen LogP contribution in [0, 0.1) is 37.0 Å². The van der Waals surface area contributed by atoms with Gasteiger partial charge in [0, 0.05) is 37.2 Å². The predicted octanol–water partition coefficient (Wildman–Crippen LogP) is 5.10. The van der Waals surface area contributed by atoms with Crippen molar-refractivity contribution in [2.75, 3.05) is 13.2 Å². The molecule has 1 aromatic carbocycles. The van der Waals surface area contributed by atoms with Gasteiger partial charge in [0.25, 0.3) is 5.91 Å². The molecule has 1 spiro atoms. The molecule has 3 N–H and O–H groups in total. The fourth-order valence-corrected chi connectivity index (χ4v) is 8.13.